The van der Waals surface area contributed by atoms with Gasteiger partial charge in [0.1, 0.15) is 5.75 Å². The Morgan fingerprint density at radius 3 is 2.45 bits per heavy atom. The van der Waals surface area contributed by atoms with Gasteiger partial charge in [-0.1, -0.05) is 37.3 Å². The summed E-state index contributed by atoms with van der Waals surface area (Å²) < 4.78 is 53.5. The normalized spacial score (nSPS) is 12.0. The van der Waals surface area contributed by atoms with E-state index in [0.717, 1.165) is 12.1 Å². The molecule has 2 rings (SSSR count). The molecule has 0 radical (unpaired) electrons. The first-order valence-corrected chi connectivity index (χ1v) is 9.63. The van der Waals surface area contributed by atoms with Gasteiger partial charge in [-0.2, -0.15) is 13.2 Å². The molecule has 1 unspecified atom stereocenters. The lowest BCUT2D eigenvalue weighted by atomic mass is 10.1. The van der Waals surface area contributed by atoms with Gasteiger partial charge in [0.2, 0.25) is 0 Å². The van der Waals surface area contributed by atoms with Gasteiger partial charge in [-0.3, -0.25) is 0 Å². The summed E-state index contributed by atoms with van der Waals surface area (Å²) in [5.74, 6) is -0.0233. The molecule has 1 N–H and O–H groups in total. The number of carbonyl (C=O) groups excluding carboxylic acids is 2. The number of methoxy groups -OCH3 is 1. The van der Waals surface area contributed by atoms with Gasteiger partial charge in [0.25, 0.3) is 0 Å². The van der Waals surface area contributed by atoms with Crippen LogP contribution in [0, 0.1) is 0 Å². The maximum absolute atomic E-state index is 12.7. The summed E-state index contributed by atoms with van der Waals surface area (Å²) >= 11 is 0. The summed E-state index contributed by atoms with van der Waals surface area (Å²) in [4.78, 5) is 23.5. The lowest BCUT2D eigenvalue weighted by Gasteiger charge is -2.16. The van der Waals surface area contributed by atoms with Crippen LogP contribution in [0.5, 0.6) is 5.75 Å². The van der Waals surface area contributed by atoms with E-state index in [0.29, 0.717) is 23.3 Å². The molecular weight excluding hydrogens is 415 g/mol. The molecule has 0 aromatic heterocycles. The fourth-order valence-electron chi connectivity index (χ4n) is 2.71. The Balaban J connectivity index is 1.81. The number of nitrogens with one attached hydrogen (secondary N) is 1. The number of esters is 1. The number of alkyl carbamates (subject to hydrolysis) is 1. The molecule has 0 saturated heterocycles. The van der Waals surface area contributed by atoms with E-state index in [1.54, 1.807) is 37.3 Å². The van der Waals surface area contributed by atoms with Crippen molar-refractivity contribution in [1.82, 2.24) is 5.32 Å². The molecule has 0 fully saturated rings. The summed E-state index contributed by atoms with van der Waals surface area (Å²) in [5.41, 5.74) is 0.393. The van der Waals surface area contributed by atoms with Crippen LogP contribution in [0.25, 0.3) is 0 Å². The molecule has 0 aliphatic carbocycles. The topological polar surface area (TPSA) is 73.9 Å². The third-order valence-corrected chi connectivity index (χ3v) is 4.33. The minimum absolute atomic E-state index is 0.0619. The van der Waals surface area contributed by atoms with Crippen LogP contribution in [0.1, 0.15) is 30.0 Å². The standard InChI is InChI=1S/C22H24F3NO5/c1-3-19(20(27)29-2)31-18-9-5-7-16(13-18)14-26-21(28)30-11-10-15-6-4-8-17(12-15)22(23,24)25/h4-9,12-13,19H,3,10-11,14H2,1-2H3,(H,26,28). The highest BCUT2D eigenvalue weighted by Crippen LogP contribution is 2.29. The molecule has 2 aromatic rings. The zero-order valence-corrected chi connectivity index (χ0v) is 17.2. The maximum atomic E-state index is 12.7. The van der Waals surface area contributed by atoms with Crippen LogP contribution in [0.2, 0.25) is 0 Å². The average Bonchev–Trinajstić information content (AvgIpc) is 2.75. The van der Waals surface area contributed by atoms with Crippen molar-refractivity contribution in [2.24, 2.45) is 0 Å². The van der Waals surface area contributed by atoms with Crippen molar-refractivity contribution >= 4 is 12.1 Å². The van der Waals surface area contributed by atoms with Crippen LogP contribution in [-0.2, 0) is 33.4 Å². The highest BCUT2D eigenvalue weighted by molar-refractivity contribution is 5.74. The van der Waals surface area contributed by atoms with Gasteiger partial charge in [0.05, 0.1) is 19.3 Å². The molecular formula is C22H24F3NO5. The smallest absolute Gasteiger partial charge is 0.416 e. The van der Waals surface area contributed by atoms with E-state index in [-0.39, 0.29) is 19.6 Å². The van der Waals surface area contributed by atoms with Crippen LogP contribution < -0.4 is 10.1 Å². The number of halogens is 3. The molecule has 0 spiro atoms. The van der Waals surface area contributed by atoms with E-state index in [1.165, 1.54) is 13.2 Å². The minimum Gasteiger partial charge on any atom is -0.479 e. The second kappa shape index (κ2) is 11.2. The lowest BCUT2D eigenvalue weighted by molar-refractivity contribution is -0.149. The molecule has 2 aromatic carbocycles. The fourth-order valence-corrected chi connectivity index (χ4v) is 2.71. The molecule has 1 atom stereocenters. The first-order valence-electron chi connectivity index (χ1n) is 9.63. The van der Waals surface area contributed by atoms with Crippen molar-refractivity contribution in [3.63, 3.8) is 0 Å². The monoisotopic (exact) mass is 439 g/mol. The molecule has 6 nitrogen and oxygen atoms in total. The first-order chi connectivity index (χ1) is 14.7. The van der Waals surface area contributed by atoms with Crippen LogP contribution in [0.15, 0.2) is 48.5 Å². The second-order valence-corrected chi connectivity index (χ2v) is 6.62. The van der Waals surface area contributed by atoms with Crippen LogP contribution in [0.3, 0.4) is 0 Å². The molecule has 31 heavy (non-hydrogen) atoms. The summed E-state index contributed by atoms with van der Waals surface area (Å²) in [5, 5.41) is 2.56. The van der Waals surface area contributed by atoms with Crippen LogP contribution in [-0.4, -0.2) is 31.9 Å². The van der Waals surface area contributed by atoms with Crippen molar-refractivity contribution in [1.29, 1.82) is 0 Å². The summed E-state index contributed by atoms with van der Waals surface area (Å²) in [6.45, 7) is 1.88. The number of hydrogen-bond donors (Lipinski definition) is 1. The molecule has 0 bridgehead atoms. The Bertz CT molecular complexity index is 885. The summed E-state index contributed by atoms with van der Waals surface area (Å²) in [6.07, 6.45) is -5.24. The number of ether oxygens (including phenoxy) is 3. The average molecular weight is 439 g/mol. The lowest BCUT2D eigenvalue weighted by Crippen LogP contribution is -2.28. The van der Waals surface area contributed by atoms with Gasteiger partial charge in [-0.15, -0.1) is 0 Å². The Hall–Kier alpha value is -3.23. The summed E-state index contributed by atoms with van der Waals surface area (Å²) in [7, 11) is 1.29. The molecule has 9 heteroatoms. The number of rotatable bonds is 9. The SMILES string of the molecule is CCC(Oc1cccc(CNC(=O)OCCc2cccc(C(F)(F)F)c2)c1)C(=O)OC. The molecule has 0 aliphatic rings. The number of amides is 1. The third-order valence-electron chi connectivity index (χ3n) is 4.33. The largest absolute Gasteiger partial charge is 0.479 e. The van der Waals surface area contributed by atoms with Crippen molar-refractivity contribution in [2.45, 2.75) is 38.6 Å². The molecule has 168 valence electrons. The maximum Gasteiger partial charge on any atom is 0.416 e. The number of hydrogen-bond acceptors (Lipinski definition) is 5. The highest BCUT2D eigenvalue weighted by atomic mass is 19.4. The van der Waals surface area contributed by atoms with E-state index in [1.807, 2.05) is 0 Å². The van der Waals surface area contributed by atoms with Gasteiger partial charge in [-0.25, -0.2) is 9.59 Å². The van der Waals surface area contributed by atoms with Gasteiger partial charge in [-0.05, 0) is 35.7 Å². The number of benzene rings is 2. The van der Waals surface area contributed by atoms with Gasteiger partial charge < -0.3 is 19.5 Å². The zero-order chi connectivity index (χ0) is 22.9. The van der Waals surface area contributed by atoms with E-state index in [4.69, 9.17) is 9.47 Å². The predicted molar refractivity (Wildman–Crippen MR) is 107 cm³/mol. The minimum atomic E-state index is -4.42. The van der Waals surface area contributed by atoms with E-state index >= 15 is 0 Å². The Kier molecular flexibility index (Phi) is 8.72. The van der Waals surface area contributed by atoms with Crippen molar-refractivity contribution < 1.29 is 37.0 Å². The number of carbonyl (C=O) groups is 2. The number of alkyl halides is 3. The molecule has 0 heterocycles. The van der Waals surface area contributed by atoms with Crippen LogP contribution >= 0.6 is 0 Å². The van der Waals surface area contributed by atoms with E-state index in [9.17, 15) is 22.8 Å². The first kappa shape index (κ1) is 24.0. The Morgan fingerprint density at radius 1 is 1.06 bits per heavy atom. The summed E-state index contributed by atoms with van der Waals surface area (Å²) in [6, 6.07) is 11.7. The van der Waals surface area contributed by atoms with E-state index in [2.05, 4.69) is 10.1 Å². The van der Waals surface area contributed by atoms with Crippen LogP contribution in [0.4, 0.5) is 18.0 Å². The van der Waals surface area contributed by atoms with Gasteiger partial charge >= 0.3 is 18.2 Å². The van der Waals surface area contributed by atoms with Gasteiger partial charge in [0.15, 0.2) is 6.10 Å². The Labute approximate surface area is 178 Å². The van der Waals surface area contributed by atoms with Crippen molar-refractivity contribution in [3.05, 3.63) is 65.2 Å². The van der Waals surface area contributed by atoms with E-state index < -0.39 is 29.9 Å². The molecule has 0 saturated carbocycles. The Morgan fingerprint density at radius 2 is 1.77 bits per heavy atom. The van der Waals surface area contributed by atoms with Crippen molar-refractivity contribution in [2.75, 3.05) is 13.7 Å². The molecule has 0 aliphatic heterocycles. The highest BCUT2D eigenvalue weighted by Gasteiger charge is 2.30. The quantitative estimate of drug-likeness (QED) is 0.583. The molecule has 1 amide bonds. The third kappa shape index (κ3) is 7.84. The second-order valence-electron chi connectivity index (χ2n) is 6.62. The fraction of sp³-hybridized carbons (Fsp3) is 0.364. The van der Waals surface area contributed by atoms with Crippen molar-refractivity contribution in [3.8, 4) is 5.75 Å². The predicted octanol–water partition coefficient (Wildman–Crippen LogP) is 4.50. The zero-order valence-electron chi connectivity index (χ0n) is 17.2. The van der Waals surface area contributed by atoms with Gasteiger partial charge in [0, 0.05) is 13.0 Å².